The first-order valence-electron chi connectivity index (χ1n) is 4.01. The minimum Gasteiger partial charge on any atom is -0.318 e. The number of hydrogen-bond donors (Lipinski definition) is 0. The molecule has 1 saturated heterocycles. The Kier molecular flexibility index (Phi) is 2.52. The molecule has 1 rings (SSSR count). The first kappa shape index (κ1) is 9.52. The molecule has 3 amide bonds. The number of imide groups is 1. The van der Waals surface area contributed by atoms with Gasteiger partial charge < -0.3 is 4.90 Å². The average Bonchev–Trinajstić information content (AvgIpc) is 2.32. The molecule has 0 saturated carbocycles. The minimum absolute atomic E-state index is 0.122. The van der Waals surface area contributed by atoms with Crippen LogP contribution in [0.5, 0.6) is 0 Å². The van der Waals surface area contributed by atoms with Crippen molar-refractivity contribution in [1.29, 1.82) is 5.26 Å². The molecule has 0 radical (unpaired) electrons. The molecule has 5 nitrogen and oxygen atoms in total. The number of nitriles is 1. The summed E-state index contributed by atoms with van der Waals surface area (Å²) in [5, 5.41) is 8.52. The molecule has 1 fully saturated rings. The van der Waals surface area contributed by atoms with Crippen LogP contribution in [-0.4, -0.2) is 41.9 Å². The van der Waals surface area contributed by atoms with E-state index in [0.717, 1.165) is 4.90 Å². The number of carbonyl (C=O) groups is 2. The van der Waals surface area contributed by atoms with Crippen molar-refractivity contribution in [3.63, 3.8) is 0 Å². The summed E-state index contributed by atoms with van der Waals surface area (Å²) >= 11 is 0. The van der Waals surface area contributed by atoms with Gasteiger partial charge in [0.05, 0.1) is 12.0 Å². The first-order valence-corrected chi connectivity index (χ1v) is 4.01. The summed E-state index contributed by atoms with van der Waals surface area (Å²) in [4.78, 5) is 24.9. The third-order valence-electron chi connectivity index (χ3n) is 1.91. The highest BCUT2D eigenvalue weighted by Crippen LogP contribution is 2.10. The quantitative estimate of drug-likeness (QED) is 0.565. The topological polar surface area (TPSA) is 64.4 Å². The van der Waals surface area contributed by atoms with E-state index in [1.165, 1.54) is 4.90 Å². The molecule has 5 heteroatoms. The van der Waals surface area contributed by atoms with E-state index in [9.17, 15) is 9.59 Å². The van der Waals surface area contributed by atoms with Gasteiger partial charge >= 0.3 is 6.03 Å². The van der Waals surface area contributed by atoms with Gasteiger partial charge in [-0.2, -0.15) is 5.26 Å². The Morgan fingerprint density at radius 3 is 2.62 bits per heavy atom. The second-order valence-corrected chi connectivity index (χ2v) is 3.17. The molecule has 0 aromatic rings. The van der Waals surface area contributed by atoms with Crippen molar-refractivity contribution in [2.45, 2.75) is 6.92 Å². The molecule has 0 aromatic heterocycles. The third kappa shape index (κ3) is 1.78. The maximum atomic E-state index is 11.3. The molecular weight excluding hydrogens is 170 g/mol. The Morgan fingerprint density at radius 1 is 1.62 bits per heavy atom. The minimum atomic E-state index is -0.313. The maximum Gasteiger partial charge on any atom is 0.326 e. The van der Waals surface area contributed by atoms with E-state index in [4.69, 9.17) is 5.26 Å². The van der Waals surface area contributed by atoms with E-state index in [-0.39, 0.29) is 30.9 Å². The maximum absolute atomic E-state index is 11.3. The fourth-order valence-corrected chi connectivity index (χ4v) is 1.16. The summed E-state index contributed by atoms with van der Waals surface area (Å²) in [5.74, 6) is -0.533. The highest BCUT2D eigenvalue weighted by Gasteiger charge is 2.33. The number of carbonyl (C=O) groups excluding carboxylic acids is 2. The fourth-order valence-electron chi connectivity index (χ4n) is 1.16. The first-order chi connectivity index (χ1) is 6.06. The van der Waals surface area contributed by atoms with E-state index in [1.54, 1.807) is 14.0 Å². The Balaban J connectivity index is 2.65. The fraction of sp³-hybridized carbons (Fsp3) is 0.625. The Labute approximate surface area is 76.5 Å². The Hall–Kier alpha value is -1.57. The second kappa shape index (κ2) is 3.44. The SMILES string of the molecule is CC(C#N)CN1C(=O)CN(C)C1=O. The van der Waals surface area contributed by atoms with Gasteiger partial charge in [-0.05, 0) is 6.92 Å². The summed E-state index contributed by atoms with van der Waals surface area (Å²) < 4.78 is 0. The molecule has 1 heterocycles. The predicted molar refractivity (Wildman–Crippen MR) is 44.5 cm³/mol. The molecule has 0 aromatic carbocycles. The van der Waals surface area contributed by atoms with Crippen LogP contribution in [0.1, 0.15) is 6.92 Å². The molecule has 13 heavy (non-hydrogen) atoms. The van der Waals surface area contributed by atoms with Crippen molar-refractivity contribution in [2.75, 3.05) is 20.1 Å². The van der Waals surface area contributed by atoms with E-state index in [0.29, 0.717) is 0 Å². The van der Waals surface area contributed by atoms with Crippen LogP contribution in [0.4, 0.5) is 4.79 Å². The number of urea groups is 1. The zero-order valence-electron chi connectivity index (χ0n) is 7.65. The van der Waals surface area contributed by atoms with Crippen LogP contribution < -0.4 is 0 Å². The largest absolute Gasteiger partial charge is 0.326 e. The monoisotopic (exact) mass is 181 g/mol. The van der Waals surface area contributed by atoms with E-state index in [2.05, 4.69) is 0 Å². The molecule has 70 valence electrons. The van der Waals surface area contributed by atoms with Gasteiger partial charge in [-0.1, -0.05) is 0 Å². The lowest BCUT2D eigenvalue weighted by Gasteiger charge is -2.14. The summed E-state index contributed by atoms with van der Waals surface area (Å²) in [5.41, 5.74) is 0. The van der Waals surface area contributed by atoms with Crippen LogP contribution in [-0.2, 0) is 4.79 Å². The van der Waals surface area contributed by atoms with E-state index < -0.39 is 0 Å². The number of likely N-dealkylation sites (N-methyl/N-ethyl adjacent to an activating group) is 1. The molecule has 0 spiro atoms. The summed E-state index contributed by atoms with van der Waals surface area (Å²) in [6.45, 7) is 1.99. The van der Waals surface area contributed by atoms with Crippen LogP contribution >= 0.6 is 0 Å². The van der Waals surface area contributed by atoms with Crippen LogP contribution in [0.2, 0.25) is 0 Å². The Morgan fingerprint density at radius 2 is 2.23 bits per heavy atom. The smallest absolute Gasteiger partial charge is 0.318 e. The van der Waals surface area contributed by atoms with Gasteiger partial charge in [0.25, 0.3) is 0 Å². The highest BCUT2D eigenvalue weighted by atomic mass is 16.2. The van der Waals surface area contributed by atoms with Crippen LogP contribution in [0, 0.1) is 17.2 Å². The van der Waals surface area contributed by atoms with Gasteiger partial charge in [-0.3, -0.25) is 9.69 Å². The van der Waals surface area contributed by atoms with Crippen molar-refractivity contribution >= 4 is 11.9 Å². The molecule has 1 aliphatic rings. The lowest BCUT2D eigenvalue weighted by molar-refractivity contribution is -0.125. The molecular formula is C8H11N3O2. The molecule has 1 atom stereocenters. The molecule has 0 N–H and O–H groups in total. The zero-order chi connectivity index (χ0) is 10.0. The van der Waals surface area contributed by atoms with Crippen molar-refractivity contribution in [1.82, 2.24) is 9.80 Å². The molecule has 0 bridgehead atoms. The van der Waals surface area contributed by atoms with Crippen LogP contribution in [0.15, 0.2) is 0 Å². The van der Waals surface area contributed by atoms with Crippen LogP contribution in [0.3, 0.4) is 0 Å². The number of amides is 3. The highest BCUT2D eigenvalue weighted by molar-refractivity contribution is 6.01. The summed E-state index contributed by atoms with van der Waals surface area (Å²) in [6.07, 6.45) is 0. The predicted octanol–water partition coefficient (Wildman–Crippen LogP) is 0.0401. The van der Waals surface area contributed by atoms with Gasteiger partial charge in [-0.15, -0.1) is 0 Å². The number of rotatable bonds is 2. The van der Waals surface area contributed by atoms with Gasteiger partial charge in [0.15, 0.2) is 0 Å². The Bertz CT molecular complexity index is 282. The van der Waals surface area contributed by atoms with Crippen LogP contribution in [0.25, 0.3) is 0 Å². The van der Waals surface area contributed by atoms with Gasteiger partial charge in [0.2, 0.25) is 5.91 Å². The number of nitrogens with zero attached hydrogens (tertiary/aromatic N) is 3. The van der Waals surface area contributed by atoms with Gasteiger partial charge in [-0.25, -0.2) is 4.79 Å². The van der Waals surface area contributed by atoms with E-state index >= 15 is 0 Å². The average molecular weight is 181 g/mol. The van der Waals surface area contributed by atoms with Gasteiger partial charge in [0.1, 0.15) is 6.54 Å². The molecule has 1 aliphatic heterocycles. The van der Waals surface area contributed by atoms with Crippen molar-refractivity contribution in [2.24, 2.45) is 5.92 Å². The van der Waals surface area contributed by atoms with Gasteiger partial charge in [0, 0.05) is 13.6 Å². The number of hydrogen-bond acceptors (Lipinski definition) is 3. The summed E-state index contributed by atoms with van der Waals surface area (Å²) in [6, 6.07) is 1.67. The van der Waals surface area contributed by atoms with Crippen molar-refractivity contribution < 1.29 is 9.59 Å². The molecule has 0 aliphatic carbocycles. The van der Waals surface area contributed by atoms with Crippen molar-refractivity contribution in [3.05, 3.63) is 0 Å². The normalized spacial score (nSPS) is 19.2. The van der Waals surface area contributed by atoms with E-state index in [1.807, 2.05) is 6.07 Å². The lowest BCUT2D eigenvalue weighted by atomic mass is 10.2. The lowest BCUT2D eigenvalue weighted by Crippen LogP contribution is -2.34. The summed E-state index contributed by atoms with van der Waals surface area (Å²) in [7, 11) is 1.57. The third-order valence-corrected chi connectivity index (χ3v) is 1.91. The zero-order valence-corrected chi connectivity index (χ0v) is 7.65. The standard InChI is InChI=1S/C8H11N3O2/c1-6(3-9)4-11-7(12)5-10(2)8(11)13/h6H,4-5H2,1-2H3. The second-order valence-electron chi connectivity index (χ2n) is 3.17. The van der Waals surface area contributed by atoms with Crippen molar-refractivity contribution in [3.8, 4) is 6.07 Å². The molecule has 1 unspecified atom stereocenters.